The lowest BCUT2D eigenvalue weighted by Crippen LogP contribution is -2.22. The highest BCUT2D eigenvalue weighted by Crippen LogP contribution is 2.25. The standard InChI is InChI=1S/C17H21NO/c1-4-18(16-10-5-7-13(2)11-16)12-15-9-6-8-14(3)17(15)19/h5-11,19H,4,12H2,1-3H3. The summed E-state index contributed by atoms with van der Waals surface area (Å²) in [5.74, 6) is 0.411. The fourth-order valence-electron chi connectivity index (χ4n) is 2.26. The molecule has 0 bridgehead atoms. The van der Waals surface area contributed by atoms with Crippen molar-refractivity contribution in [3.05, 3.63) is 59.2 Å². The number of nitrogens with zero attached hydrogens (tertiary/aromatic N) is 1. The van der Waals surface area contributed by atoms with Crippen molar-refractivity contribution >= 4 is 5.69 Å². The van der Waals surface area contributed by atoms with Gasteiger partial charge in [0.25, 0.3) is 0 Å². The summed E-state index contributed by atoms with van der Waals surface area (Å²) in [6, 6.07) is 14.4. The molecule has 0 radical (unpaired) electrons. The van der Waals surface area contributed by atoms with E-state index in [0.29, 0.717) is 5.75 Å². The topological polar surface area (TPSA) is 23.5 Å². The number of rotatable bonds is 4. The third-order valence-corrected chi connectivity index (χ3v) is 3.43. The molecule has 2 aromatic carbocycles. The van der Waals surface area contributed by atoms with Crippen LogP contribution in [0.25, 0.3) is 0 Å². The third kappa shape index (κ3) is 3.08. The van der Waals surface area contributed by atoms with E-state index in [-0.39, 0.29) is 0 Å². The fraction of sp³-hybridized carbons (Fsp3) is 0.294. The molecule has 0 fully saturated rings. The average molecular weight is 255 g/mol. The minimum Gasteiger partial charge on any atom is -0.507 e. The van der Waals surface area contributed by atoms with Crippen molar-refractivity contribution in [2.45, 2.75) is 27.3 Å². The molecule has 0 saturated heterocycles. The molecule has 100 valence electrons. The van der Waals surface area contributed by atoms with Gasteiger partial charge in [0, 0.05) is 24.3 Å². The van der Waals surface area contributed by atoms with Gasteiger partial charge in [-0.3, -0.25) is 0 Å². The van der Waals surface area contributed by atoms with Gasteiger partial charge in [-0.25, -0.2) is 0 Å². The number of phenols is 1. The number of aromatic hydroxyl groups is 1. The SMILES string of the molecule is CCN(Cc1cccc(C)c1O)c1cccc(C)c1. The first kappa shape index (κ1) is 13.5. The summed E-state index contributed by atoms with van der Waals surface area (Å²) >= 11 is 0. The molecule has 0 aliphatic carbocycles. The average Bonchev–Trinajstić information content (AvgIpc) is 2.40. The van der Waals surface area contributed by atoms with Crippen LogP contribution in [-0.2, 0) is 6.54 Å². The van der Waals surface area contributed by atoms with E-state index in [9.17, 15) is 5.11 Å². The Bertz CT molecular complexity index is 563. The Balaban J connectivity index is 2.26. The van der Waals surface area contributed by atoms with Crippen molar-refractivity contribution in [1.29, 1.82) is 0 Å². The zero-order valence-corrected chi connectivity index (χ0v) is 11.9. The molecule has 0 unspecified atom stereocenters. The minimum absolute atomic E-state index is 0.411. The Morgan fingerprint density at radius 2 is 1.79 bits per heavy atom. The van der Waals surface area contributed by atoms with Gasteiger partial charge in [-0.15, -0.1) is 0 Å². The number of benzene rings is 2. The lowest BCUT2D eigenvalue weighted by molar-refractivity contribution is 0.463. The second-order valence-corrected chi connectivity index (χ2v) is 4.94. The van der Waals surface area contributed by atoms with E-state index in [1.165, 1.54) is 11.3 Å². The highest BCUT2D eigenvalue weighted by Gasteiger charge is 2.09. The molecule has 2 heteroatoms. The van der Waals surface area contributed by atoms with Gasteiger partial charge in [-0.1, -0.05) is 30.3 Å². The first-order valence-corrected chi connectivity index (χ1v) is 6.71. The highest BCUT2D eigenvalue weighted by atomic mass is 16.3. The predicted octanol–water partition coefficient (Wildman–Crippen LogP) is 4.04. The van der Waals surface area contributed by atoms with E-state index in [2.05, 4.69) is 43.0 Å². The first-order chi connectivity index (χ1) is 9.11. The van der Waals surface area contributed by atoms with Crippen molar-refractivity contribution in [3.63, 3.8) is 0 Å². The quantitative estimate of drug-likeness (QED) is 0.891. The molecule has 2 rings (SSSR count). The van der Waals surface area contributed by atoms with Crippen LogP contribution in [0.2, 0.25) is 0 Å². The van der Waals surface area contributed by atoms with Gasteiger partial charge in [-0.05, 0) is 44.0 Å². The lowest BCUT2D eigenvalue weighted by atomic mass is 10.1. The molecule has 1 N–H and O–H groups in total. The summed E-state index contributed by atoms with van der Waals surface area (Å²) in [4.78, 5) is 2.27. The van der Waals surface area contributed by atoms with Gasteiger partial charge < -0.3 is 10.0 Å². The Morgan fingerprint density at radius 1 is 1.05 bits per heavy atom. The van der Waals surface area contributed by atoms with Gasteiger partial charge in [-0.2, -0.15) is 0 Å². The van der Waals surface area contributed by atoms with Gasteiger partial charge in [0.15, 0.2) is 0 Å². The molecule has 0 saturated carbocycles. The van der Waals surface area contributed by atoms with Crippen LogP contribution in [0.3, 0.4) is 0 Å². The summed E-state index contributed by atoms with van der Waals surface area (Å²) < 4.78 is 0. The zero-order chi connectivity index (χ0) is 13.8. The Kier molecular flexibility index (Phi) is 4.10. The highest BCUT2D eigenvalue weighted by molar-refractivity contribution is 5.50. The van der Waals surface area contributed by atoms with E-state index in [4.69, 9.17) is 0 Å². The number of hydrogen-bond donors (Lipinski definition) is 1. The van der Waals surface area contributed by atoms with Crippen LogP contribution in [0.4, 0.5) is 5.69 Å². The summed E-state index contributed by atoms with van der Waals surface area (Å²) in [5.41, 5.74) is 4.36. The Hall–Kier alpha value is -1.96. The number of hydrogen-bond acceptors (Lipinski definition) is 2. The molecule has 0 amide bonds. The molecule has 2 nitrogen and oxygen atoms in total. The molecule has 2 aromatic rings. The normalized spacial score (nSPS) is 10.5. The largest absolute Gasteiger partial charge is 0.507 e. The number of phenolic OH excluding ortho intramolecular Hbond substituents is 1. The molecular formula is C17H21NO. The molecule has 0 aromatic heterocycles. The maximum absolute atomic E-state index is 10.1. The molecule has 19 heavy (non-hydrogen) atoms. The van der Waals surface area contributed by atoms with E-state index < -0.39 is 0 Å². The Labute approximate surface area is 115 Å². The minimum atomic E-state index is 0.411. The number of para-hydroxylation sites is 1. The van der Waals surface area contributed by atoms with Crippen molar-refractivity contribution in [2.75, 3.05) is 11.4 Å². The van der Waals surface area contributed by atoms with E-state index in [1.54, 1.807) is 0 Å². The zero-order valence-electron chi connectivity index (χ0n) is 11.9. The van der Waals surface area contributed by atoms with Crippen LogP contribution < -0.4 is 4.90 Å². The molecule has 0 heterocycles. The lowest BCUT2D eigenvalue weighted by Gasteiger charge is -2.24. The molecule has 0 aliphatic heterocycles. The van der Waals surface area contributed by atoms with Crippen molar-refractivity contribution in [3.8, 4) is 5.75 Å². The van der Waals surface area contributed by atoms with Crippen LogP contribution >= 0.6 is 0 Å². The fourth-order valence-corrected chi connectivity index (χ4v) is 2.26. The second-order valence-electron chi connectivity index (χ2n) is 4.94. The summed E-state index contributed by atoms with van der Waals surface area (Å²) in [6.45, 7) is 7.81. The second kappa shape index (κ2) is 5.79. The third-order valence-electron chi connectivity index (χ3n) is 3.43. The van der Waals surface area contributed by atoms with Gasteiger partial charge in [0.1, 0.15) is 5.75 Å². The number of aryl methyl sites for hydroxylation is 2. The number of anilines is 1. The van der Waals surface area contributed by atoms with Crippen LogP contribution in [0.15, 0.2) is 42.5 Å². The van der Waals surface area contributed by atoms with Crippen LogP contribution in [0.1, 0.15) is 23.6 Å². The van der Waals surface area contributed by atoms with Crippen molar-refractivity contribution in [1.82, 2.24) is 0 Å². The van der Waals surface area contributed by atoms with Crippen LogP contribution in [0.5, 0.6) is 5.75 Å². The monoisotopic (exact) mass is 255 g/mol. The molecule has 0 aliphatic rings. The van der Waals surface area contributed by atoms with Gasteiger partial charge in [0.05, 0.1) is 0 Å². The van der Waals surface area contributed by atoms with Gasteiger partial charge in [0.2, 0.25) is 0 Å². The summed E-state index contributed by atoms with van der Waals surface area (Å²) in [5, 5.41) is 10.1. The molecular weight excluding hydrogens is 234 g/mol. The molecule has 0 atom stereocenters. The van der Waals surface area contributed by atoms with Gasteiger partial charge >= 0.3 is 0 Å². The van der Waals surface area contributed by atoms with Crippen molar-refractivity contribution in [2.24, 2.45) is 0 Å². The summed E-state index contributed by atoms with van der Waals surface area (Å²) in [6.07, 6.45) is 0. The summed E-state index contributed by atoms with van der Waals surface area (Å²) in [7, 11) is 0. The predicted molar refractivity (Wildman–Crippen MR) is 80.7 cm³/mol. The van der Waals surface area contributed by atoms with Crippen LogP contribution in [-0.4, -0.2) is 11.7 Å². The Morgan fingerprint density at radius 3 is 2.47 bits per heavy atom. The van der Waals surface area contributed by atoms with E-state index >= 15 is 0 Å². The van der Waals surface area contributed by atoms with Crippen molar-refractivity contribution < 1.29 is 5.11 Å². The molecule has 0 spiro atoms. The smallest absolute Gasteiger partial charge is 0.123 e. The van der Waals surface area contributed by atoms with E-state index in [0.717, 1.165) is 24.2 Å². The maximum atomic E-state index is 10.1. The first-order valence-electron chi connectivity index (χ1n) is 6.71. The maximum Gasteiger partial charge on any atom is 0.123 e. The van der Waals surface area contributed by atoms with Crippen LogP contribution in [0, 0.1) is 13.8 Å². The van der Waals surface area contributed by atoms with E-state index in [1.807, 2.05) is 25.1 Å².